The first-order valence-electron chi connectivity index (χ1n) is 8.90. The summed E-state index contributed by atoms with van der Waals surface area (Å²) >= 11 is 0. The van der Waals surface area contributed by atoms with Crippen LogP contribution in [0.1, 0.15) is 18.1 Å². The van der Waals surface area contributed by atoms with Crippen LogP contribution in [0.15, 0.2) is 54.6 Å². The number of hydrogen-bond donors (Lipinski definition) is 1. The molecule has 1 aliphatic rings. The Morgan fingerprint density at radius 1 is 1.08 bits per heavy atom. The maximum Gasteiger partial charge on any atom is 0.221 e. The zero-order valence-electron chi connectivity index (χ0n) is 15.1. The molecule has 0 aromatic heterocycles. The molecular weight excluding hydrogens is 324 g/mol. The monoisotopic (exact) mass is 348 g/mol. The number of carbonyl (C=O) groups excluding carboxylic acids is 1. The first-order chi connectivity index (χ1) is 12.6. The zero-order valence-corrected chi connectivity index (χ0v) is 15.1. The van der Waals surface area contributed by atoms with Crippen LogP contribution in [0.4, 0.5) is 5.69 Å². The van der Waals surface area contributed by atoms with Gasteiger partial charge in [-0.1, -0.05) is 42.5 Å². The largest absolute Gasteiger partial charge is 0.326 e. The van der Waals surface area contributed by atoms with Crippen molar-refractivity contribution in [2.75, 3.05) is 25.0 Å². The number of hydrogen-bond acceptors (Lipinski definition) is 4. The Morgan fingerprint density at radius 2 is 1.77 bits per heavy atom. The molecule has 2 aromatic rings. The number of nitrogens with one attached hydrogen (secondary N) is 1. The maximum absolute atomic E-state index is 11.1. The van der Waals surface area contributed by atoms with Crippen molar-refractivity contribution < 1.29 is 4.79 Å². The van der Waals surface area contributed by atoms with E-state index in [1.165, 1.54) is 18.1 Å². The van der Waals surface area contributed by atoms with Gasteiger partial charge in [0, 0.05) is 45.3 Å². The van der Waals surface area contributed by atoms with E-state index in [4.69, 9.17) is 0 Å². The Balaban J connectivity index is 1.57. The molecule has 2 aromatic carbocycles. The molecule has 1 atom stereocenters. The van der Waals surface area contributed by atoms with Crippen molar-refractivity contribution in [2.45, 2.75) is 26.1 Å². The molecule has 0 aliphatic carbocycles. The summed E-state index contributed by atoms with van der Waals surface area (Å²) in [4.78, 5) is 15.7. The highest BCUT2D eigenvalue weighted by Crippen LogP contribution is 2.17. The zero-order chi connectivity index (χ0) is 18.4. The fourth-order valence-corrected chi connectivity index (χ4v) is 3.31. The summed E-state index contributed by atoms with van der Waals surface area (Å²) in [5.41, 5.74) is 3.24. The molecule has 0 unspecified atom stereocenters. The summed E-state index contributed by atoms with van der Waals surface area (Å²) in [7, 11) is 0. The highest BCUT2D eigenvalue weighted by Gasteiger charge is 2.26. The van der Waals surface area contributed by atoms with Crippen LogP contribution in [0, 0.1) is 11.3 Å². The summed E-state index contributed by atoms with van der Waals surface area (Å²) in [6, 6.07) is 20.6. The lowest BCUT2D eigenvalue weighted by atomic mass is 10.1. The number of nitriles is 1. The van der Waals surface area contributed by atoms with Gasteiger partial charge in [-0.05, 0) is 23.3 Å². The van der Waals surface area contributed by atoms with Gasteiger partial charge in [0.05, 0.1) is 6.07 Å². The first-order valence-corrected chi connectivity index (χ1v) is 8.90. The Bertz CT molecular complexity index is 767. The van der Waals surface area contributed by atoms with Gasteiger partial charge in [-0.25, -0.2) is 0 Å². The number of amides is 1. The first kappa shape index (κ1) is 18.1. The van der Waals surface area contributed by atoms with E-state index in [9.17, 15) is 10.1 Å². The Labute approximate surface area is 154 Å². The molecular formula is C21H24N4O. The molecule has 5 nitrogen and oxygen atoms in total. The lowest BCUT2D eigenvalue weighted by molar-refractivity contribution is -0.114. The van der Waals surface area contributed by atoms with Gasteiger partial charge in [-0.3, -0.25) is 14.6 Å². The van der Waals surface area contributed by atoms with Crippen molar-refractivity contribution in [3.05, 3.63) is 65.7 Å². The molecule has 1 saturated heterocycles. The Hall–Kier alpha value is -2.68. The van der Waals surface area contributed by atoms with Crippen molar-refractivity contribution in [1.82, 2.24) is 9.80 Å². The minimum Gasteiger partial charge on any atom is -0.326 e. The number of carbonyl (C=O) groups is 1. The smallest absolute Gasteiger partial charge is 0.221 e. The van der Waals surface area contributed by atoms with Crippen molar-refractivity contribution >= 4 is 11.6 Å². The van der Waals surface area contributed by atoms with Crippen LogP contribution in [-0.2, 0) is 17.9 Å². The van der Waals surface area contributed by atoms with Gasteiger partial charge in [0.2, 0.25) is 5.91 Å². The van der Waals surface area contributed by atoms with Gasteiger partial charge in [0.15, 0.2) is 0 Å². The van der Waals surface area contributed by atoms with Crippen molar-refractivity contribution in [3.8, 4) is 6.07 Å². The second-order valence-corrected chi connectivity index (χ2v) is 6.71. The molecule has 1 amide bonds. The second-order valence-electron chi connectivity index (χ2n) is 6.71. The lowest BCUT2D eigenvalue weighted by Crippen LogP contribution is -2.51. The SMILES string of the molecule is CC(=O)Nc1ccc(CN2CCN(Cc3ccccc3)[C@H](C#N)C2)cc1. The summed E-state index contributed by atoms with van der Waals surface area (Å²) in [6.45, 7) is 5.72. The lowest BCUT2D eigenvalue weighted by Gasteiger charge is -2.38. The summed E-state index contributed by atoms with van der Waals surface area (Å²) in [6.07, 6.45) is 0. The summed E-state index contributed by atoms with van der Waals surface area (Å²) in [5, 5.41) is 12.4. The minimum atomic E-state index is -0.0948. The highest BCUT2D eigenvalue weighted by atomic mass is 16.1. The molecule has 0 saturated carbocycles. The predicted octanol–water partition coefficient (Wildman–Crippen LogP) is 2.85. The van der Waals surface area contributed by atoms with Crippen molar-refractivity contribution in [3.63, 3.8) is 0 Å². The van der Waals surface area contributed by atoms with Crippen LogP contribution in [0.3, 0.4) is 0 Å². The molecule has 1 N–H and O–H groups in total. The number of rotatable bonds is 5. The normalized spacial score (nSPS) is 18.2. The van der Waals surface area contributed by atoms with Gasteiger partial charge in [-0.15, -0.1) is 0 Å². The van der Waals surface area contributed by atoms with Crippen LogP contribution >= 0.6 is 0 Å². The van der Waals surface area contributed by atoms with Crippen LogP contribution in [-0.4, -0.2) is 41.4 Å². The number of nitrogens with zero attached hydrogens (tertiary/aromatic N) is 3. The quantitative estimate of drug-likeness (QED) is 0.903. The third kappa shape index (κ3) is 4.92. The molecule has 26 heavy (non-hydrogen) atoms. The van der Waals surface area contributed by atoms with E-state index in [2.05, 4.69) is 33.3 Å². The van der Waals surface area contributed by atoms with E-state index < -0.39 is 0 Å². The Kier molecular flexibility index (Phi) is 6.00. The fraction of sp³-hybridized carbons (Fsp3) is 0.333. The molecule has 0 bridgehead atoms. The van der Waals surface area contributed by atoms with Crippen LogP contribution < -0.4 is 5.32 Å². The van der Waals surface area contributed by atoms with E-state index >= 15 is 0 Å². The fourth-order valence-electron chi connectivity index (χ4n) is 3.31. The highest BCUT2D eigenvalue weighted by molar-refractivity contribution is 5.88. The van der Waals surface area contributed by atoms with E-state index in [0.717, 1.165) is 38.4 Å². The van der Waals surface area contributed by atoms with Gasteiger partial charge >= 0.3 is 0 Å². The van der Waals surface area contributed by atoms with Crippen molar-refractivity contribution in [2.24, 2.45) is 0 Å². The van der Waals surface area contributed by atoms with Gasteiger partial charge in [0.25, 0.3) is 0 Å². The molecule has 1 aliphatic heterocycles. The van der Waals surface area contributed by atoms with Gasteiger partial charge in [-0.2, -0.15) is 5.26 Å². The maximum atomic E-state index is 11.1. The summed E-state index contributed by atoms with van der Waals surface area (Å²) in [5.74, 6) is -0.0656. The molecule has 5 heteroatoms. The predicted molar refractivity (Wildman–Crippen MR) is 102 cm³/mol. The number of benzene rings is 2. The van der Waals surface area contributed by atoms with Gasteiger partial charge in [0.1, 0.15) is 6.04 Å². The molecule has 134 valence electrons. The molecule has 0 radical (unpaired) electrons. The van der Waals surface area contributed by atoms with E-state index in [-0.39, 0.29) is 11.9 Å². The van der Waals surface area contributed by atoms with E-state index in [1.807, 2.05) is 42.5 Å². The number of piperazine rings is 1. The number of anilines is 1. The third-order valence-electron chi connectivity index (χ3n) is 4.63. The summed E-state index contributed by atoms with van der Waals surface area (Å²) < 4.78 is 0. The van der Waals surface area contributed by atoms with E-state index in [1.54, 1.807) is 0 Å². The third-order valence-corrected chi connectivity index (χ3v) is 4.63. The van der Waals surface area contributed by atoms with Crippen LogP contribution in [0.25, 0.3) is 0 Å². The Morgan fingerprint density at radius 3 is 2.42 bits per heavy atom. The molecule has 3 rings (SSSR count). The standard InChI is InChI=1S/C21H24N4O/c1-17(26)23-20-9-7-19(8-10-20)14-24-11-12-25(21(13-22)16-24)15-18-5-3-2-4-6-18/h2-10,21H,11-12,14-16H2,1H3,(H,23,26)/t21-/m1/s1. The van der Waals surface area contributed by atoms with E-state index in [0.29, 0.717) is 0 Å². The average molecular weight is 348 g/mol. The second kappa shape index (κ2) is 8.61. The van der Waals surface area contributed by atoms with Crippen LogP contribution in [0.5, 0.6) is 0 Å². The van der Waals surface area contributed by atoms with Crippen LogP contribution in [0.2, 0.25) is 0 Å². The molecule has 1 heterocycles. The van der Waals surface area contributed by atoms with Gasteiger partial charge < -0.3 is 5.32 Å². The van der Waals surface area contributed by atoms with Crippen molar-refractivity contribution in [1.29, 1.82) is 5.26 Å². The minimum absolute atomic E-state index is 0.0656. The topological polar surface area (TPSA) is 59.4 Å². The average Bonchev–Trinajstić information content (AvgIpc) is 2.65. The molecule has 0 spiro atoms. The molecule has 1 fully saturated rings.